The van der Waals surface area contributed by atoms with Gasteiger partial charge >= 0.3 is 6.03 Å². The van der Waals surface area contributed by atoms with Gasteiger partial charge in [0.15, 0.2) is 0 Å². The number of nitrogens with one attached hydrogen (secondary N) is 1. The zero-order valence-corrected chi connectivity index (χ0v) is 19.2. The normalized spacial score (nSPS) is 14.8. The van der Waals surface area contributed by atoms with Gasteiger partial charge in [-0.15, -0.1) is 0 Å². The molecular weight excluding hydrogens is 434 g/mol. The molecule has 0 bridgehead atoms. The Bertz CT molecular complexity index is 1330. The Morgan fingerprint density at radius 3 is 2.70 bits per heavy atom. The number of carbonyl (C=O) groups excluding carboxylic acids is 1. The summed E-state index contributed by atoms with van der Waals surface area (Å²) >= 11 is 6.21. The van der Waals surface area contributed by atoms with E-state index in [1.54, 1.807) is 25.3 Å². The van der Waals surface area contributed by atoms with Gasteiger partial charge in [-0.3, -0.25) is 0 Å². The van der Waals surface area contributed by atoms with Gasteiger partial charge in [0, 0.05) is 16.9 Å². The van der Waals surface area contributed by atoms with Crippen molar-refractivity contribution < 1.29 is 9.53 Å². The number of methoxy groups -OCH3 is 1. The number of amides is 2. The van der Waals surface area contributed by atoms with Gasteiger partial charge in [0.05, 0.1) is 31.1 Å². The van der Waals surface area contributed by atoms with E-state index in [2.05, 4.69) is 59.4 Å². The second-order valence-corrected chi connectivity index (χ2v) is 8.59. The van der Waals surface area contributed by atoms with Crippen molar-refractivity contribution in [1.29, 1.82) is 0 Å². The van der Waals surface area contributed by atoms with E-state index in [-0.39, 0.29) is 12.1 Å². The van der Waals surface area contributed by atoms with Gasteiger partial charge in [0.25, 0.3) is 0 Å². The summed E-state index contributed by atoms with van der Waals surface area (Å²) < 4.78 is 7.62. The second-order valence-electron chi connectivity index (χ2n) is 8.15. The van der Waals surface area contributed by atoms with E-state index >= 15 is 0 Å². The molecule has 166 valence electrons. The highest BCUT2D eigenvalue weighted by molar-refractivity contribution is 6.31. The standard InChI is InChI=1S/C27H24ClN3O2/c1-18-7-5-9-19(15-18)26-24-11-6-14-30(24)23-10-4-3-8-20(23)17-31(26)27(32)29-22-16-21(28)12-13-25(22)33-2/h3-16,26H,17H2,1-2H3,(H,29,32)/t26-/m0/s1. The van der Waals surface area contributed by atoms with Crippen molar-refractivity contribution in [2.75, 3.05) is 12.4 Å². The van der Waals surface area contributed by atoms with E-state index in [1.807, 2.05) is 29.2 Å². The number of benzene rings is 3. The molecule has 0 aliphatic carbocycles. The first-order valence-electron chi connectivity index (χ1n) is 10.8. The van der Waals surface area contributed by atoms with Crippen molar-refractivity contribution in [3.63, 3.8) is 0 Å². The van der Waals surface area contributed by atoms with Crippen molar-refractivity contribution in [3.8, 4) is 11.4 Å². The average Bonchev–Trinajstić information content (AvgIpc) is 3.23. The quantitative estimate of drug-likeness (QED) is 0.377. The van der Waals surface area contributed by atoms with Gasteiger partial charge in [-0.1, -0.05) is 59.6 Å². The summed E-state index contributed by atoms with van der Waals surface area (Å²) in [6.07, 6.45) is 2.05. The topological polar surface area (TPSA) is 46.5 Å². The molecule has 1 N–H and O–H groups in total. The van der Waals surface area contributed by atoms with Crippen LogP contribution in [-0.4, -0.2) is 22.6 Å². The fraction of sp³-hybridized carbons (Fsp3) is 0.148. The van der Waals surface area contributed by atoms with E-state index in [0.717, 1.165) is 28.1 Å². The molecule has 1 aliphatic heterocycles. The van der Waals surface area contributed by atoms with E-state index in [1.165, 1.54) is 0 Å². The number of anilines is 1. The van der Waals surface area contributed by atoms with E-state index in [4.69, 9.17) is 16.3 Å². The Balaban J connectivity index is 1.64. The van der Waals surface area contributed by atoms with Gasteiger partial charge in [0.2, 0.25) is 0 Å². The number of fused-ring (bicyclic) bond motifs is 3. The summed E-state index contributed by atoms with van der Waals surface area (Å²) in [5.74, 6) is 0.554. The Morgan fingerprint density at radius 1 is 1.03 bits per heavy atom. The summed E-state index contributed by atoms with van der Waals surface area (Å²) in [5.41, 5.74) is 5.90. The van der Waals surface area contributed by atoms with Crippen LogP contribution in [0, 0.1) is 6.92 Å². The van der Waals surface area contributed by atoms with Gasteiger partial charge in [0.1, 0.15) is 5.75 Å². The molecule has 1 aliphatic rings. The number of carbonyl (C=O) groups is 1. The number of halogens is 1. The highest BCUT2D eigenvalue weighted by Crippen LogP contribution is 2.38. The van der Waals surface area contributed by atoms with Crippen LogP contribution < -0.4 is 10.1 Å². The minimum absolute atomic E-state index is 0.230. The minimum atomic E-state index is -0.280. The van der Waals surface area contributed by atoms with Crippen LogP contribution in [0.25, 0.3) is 5.69 Å². The summed E-state index contributed by atoms with van der Waals surface area (Å²) in [5, 5.41) is 3.56. The summed E-state index contributed by atoms with van der Waals surface area (Å²) in [6.45, 7) is 2.51. The smallest absolute Gasteiger partial charge is 0.323 e. The molecule has 1 atom stereocenters. The highest BCUT2D eigenvalue weighted by Gasteiger charge is 2.33. The van der Waals surface area contributed by atoms with Crippen LogP contribution in [0.3, 0.4) is 0 Å². The maximum Gasteiger partial charge on any atom is 0.323 e. The third kappa shape index (κ3) is 3.96. The maximum atomic E-state index is 13.8. The predicted molar refractivity (Wildman–Crippen MR) is 131 cm³/mol. The number of hydrogen-bond donors (Lipinski definition) is 1. The van der Waals surface area contributed by atoms with Crippen molar-refractivity contribution in [3.05, 3.63) is 112 Å². The largest absolute Gasteiger partial charge is 0.495 e. The number of aryl methyl sites for hydroxylation is 1. The first kappa shape index (κ1) is 21.2. The van der Waals surface area contributed by atoms with Crippen molar-refractivity contribution in [2.24, 2.45) is 0 Å². The van der Waals surface area contributed by atoms with Crippen molar-refractivity contribution in [2.45, 2.75) is 19.5 Å². The molecule has 0 radical (unpaired) electrons. The SMILES string of the molecule is COc1ccc(Cl)cc1NC(=O)N1Cc2ccccc2-n2cccc2[C@@H]1c1cccc(C)c1. The van der Waals surface area contributed by atoms with E-state index in [0.29, 0.717) is 23.0 Å². The van der Waals surface area contributed by atoms with Gasteiger partial charge in [-0.05, 0) is 54.4 Å². The predicted octanol–water partition coefficient (Wildman–Crippen LogP) is 6.58. The summed E-state index contributed by atoms with van der Waals surface area (Å²) in [7, 11) is 1.57. The van der Waals surface area contributed by atoms with E-state index in [9.17, 15) is 4.79 Å². The summed E-state index contributed by atoms with van der Waals surface area (Å²) in [6, 6.07) is 25.3. The van der Waals surface area contributed by atoms with E-state index < -0.39 is 0 Å². The molecule has 1 aromatic heterocycles. The first-order valence-corrected chi connectivity index (χ1v) is 11.2. The van der Waals surface area contributed by atoms with Gasteiger partial charge in [-0.2, -0.15) is 0 Å². The molecule has 5 rings (SSSR count). The molecule has 2 amide bonds. The molecule has 3 aromatic carbocycles. The number of rotatable bonds is 3. The number of hydrogen-bond acceptors (Lipinski definition) is 2. The molecule has 0 spiro atoms. The van der Waals surface area contributed by atoms with Crippen molar-refractivity contribution in [1.82, 2.24) is 9.47 Å². The molecular formula is C27H24ClN3O2. The lowest BCUT2D eigenvalue weighted by Gasteiger charge is -2.31. The average molecular weight is 458 g/mol. The van der Waals surface area contributed by atoms with Gasteiger partial charge < -0.3 is 19.5 Å². The monoisotopic (exact) mass is 457 g/mol. The lowest BCUT2D eigenvalue weighted by molar-refractivity contribution is 0.194. The molecule has 33 heavy (non-hydrogen) atoms. The lowest BCUT2D eigenvalue weighted by atomic mass is 10.00. The van der Waals surface area contributed by atoms with Crippen LogP contribution in [-0.2, 0) is 6.54 Å². The zero-order chi connectivity index (χ0) is 22.9. The molecule has 0 unspecified atom stereocenters. The lowest BCUT2D eigenvalue weighted by Crippen LogP contribution is -2.38. The molecule has 2 heterocycles. The number of urea groups is 1. The van der Waals surface area contributed by atoms with Crippen LogP contribution in [0.5, 0.6) is 5.75 Å². The molecule has 0 fully saturated rings. The van der Waals surface area contributed by atoms with Crippen LogP contribution in [0.2, 0.25) is 5.02 Å². The van der Waals surface area contributed by atoms with Crippen LogP contribution in [0.15, 0.2) is 85.1 Å². The molecule has 5 nitrogen and oxygen atoms in total. The Kier molecular flexibility index (Phi) is 5.56. The first-order chi connectivity index (χ1) is 16.0. The summed E-state index contributed by atoms with van der Waals surface area (Å²) in [4.78, 5) is 15.7. The van der Waals surface area contributed by atoms with Gasteiger partial charge in [-0.25, -0.2) is 4.79 Å². The van der Waals surface area contributed by atoms with Crippen LogP contribution in [0.1, 0.15) is 28.4 Å². The Hall–Kier alpha value is -3.70. The highest BCUT2D eigenvalue weighted by atomic mass is 35.5. The molecule has 0 saturated heterocycles. The molecule has 6 heteroatoms. The number of nitrogens with zero attached hydrogens (tertiary/aromatic N) is 2. The minimum Gasteiger partial charge on any atom is -0.495 e. The number of aromatic nitrogens is 1. The molecule has 4 aromatic rings. The molecule has 0 saturated carbocycles. The second kappa shape index (κ2) is 8.68. The fourth-order valence-electron chi connectivity index (χ4n) is 4.50. The maximum absolute atomic E-state index is 13.8. The third-order valence-corrected chi connectivity index (χ3v) is 6.22. The number of ether oxygens (including phenoxy) is 1. The van der Waals surface area contributed by atoms with Crippen LogP contribution >= 0.6 is 11.6 Å². The zero-order valence-electron chi connectivity index (χ0n) is 18.5. The Morgan fingerprint density at radius 2 is 1.88 bits per heavy atom. The van der Waals surface area contributed by atoms with Crippen LogP contribution in [0.4, 0.5) is 10.5 Å². The van der Waals surface area contributed by atoms with Crippen molar-refractivity contribution >= 4 is 23.3 Å². The third-order valence-electron chi connectivity index (χ3n) is 5.99. The fourth-order valence-corrected chi connectivity index (χ4v) is 4.67. The number of para-hydroxylation sites is 1. The Labute approximate surface area is 198 Å².